The van der Waals surface area contributed by atoms with Crippen molar-refractivity contribution in [3.05, 3.63) is 71.8 Å². The van der Waals surface area contributed by atoms with Crippen LogP contribution in [0.4, 0.5) is 0 Å². The van der Waals surface area contributed by atoms with Crippen LogP contribution in [0.3, 0.4) is 0 Å². The predicted octanol–water partition coefficient (Wildman–Crippen LogP) is 4.44. The molecule has 2 amide bonds. The van der Waals surface area contributed by atoms with Crippen molar-refractivity contribution in [2.45, 2.75) is 26.1 Å². The zero-order valence-electron chi connectivity index (χ0n) is 19.8. The number of ether oxygens (including phenoxy) is 3. The maximum Gasteiger partial charge on any atom is 0.314 e. The summed E-state index contributed by atoms with van der Waals surface area (Å²) in [4.78, 5) is 41.1. The van der Waals surface area contributed by atoms with Gasteiger partial charge in [-0.05, 0) is 42.7 Å². The summed E-state index contributed by atoms with van der Waals surface area (Å²) in [5.41, 5.74) is 2.39. The average molecular weight is 474 g/mol. The van der Waals surface area contributed by atoms with Gasteiger partial charge in [-0.2, -0.15) is 0 Å². The summed E-state index contributed by atoms with van der Waals surface area (Å²) in [6.07, 6.45) is 0.168. The van der Waals surface area contributed by atoms with E-state index >= 15 is 0 Å². The van der Waals surface area contributed by atoms with E-state index in [4.69, 9.17) is 14.2 Å². The van der Waals surface area contributed by atoms with Crippen LogP contribution in [0.25, 0.3) is 21.9 Å². The van der Waals surface area contributed by atoms with Crippen LogP contribution >= 0.6 is 0 Å². The van der Waals surface area contributed by atoms with E-state index in [0.717, 1.165) is 21.9 Å². The van der Waals surface area contributed by atoms with Crippen LogP contribution in [0, 0.1) is 5.92 Å². The summed E-state index contributed by atoms with van der Waals surface area (Å²) in [5, 5.41) is 1.79. The third kappa shape index (κ3) is 4.00. The predicted molar refractivity (Wildman–Crippen MR) is 130 cm³/mol. The number of rotatable bonds is 7. The van der Waals surface area contributed by atoms with Crippen LogP contribution < -0.4 is 0 Å². The molecule has 2 aliphatic heterocycles. The molecule has 0 radical (unpaired) electrons. The van der Waals surface area contributed by atoms with Crippen molar-refractivity contribution in [2.24, 2.45) is 5.92 Å². The zero-order chi connectivity index (χ0) is 24.6. The lowest BCUT2D eigenvalue weighted by molar-refractivity contribution is -0.201. The van der Waals surface area contributed by atoms with Gasteiger partial charge >= 0.3 is 5.97 Å². The van der Waals surface area contributed by atoms with E-state index in [1.165, 1.54) is 4.90 Å². The molecule has 1 fully saturated rings. The maximum absolute atomic E-state index is 13.7. The van der Waals surface area contributed by atoms with Crippen LogP contribution in [0.2, 0.25) is 0 Å². The van der Waals surface area contributed by atoms with E-state index in [2.05, 4.69) is 0 Å². The highest BCUT2D eigenvalue weighted by atomic mass is 16.7. The molecule has 0 spiro atoms. The van der Waals surface area contributed by atoms with Gasteiger partial charge in [-0.15, -0.1) is 0 Å². The number of imide groups is 1. The molecule has 7 nitrogen and oxygen atoms in total. The van der Waals surface area contributed by atoms with Crippen LogP contribution in [0.15, 0.2) is 60.7 Å². The van der Waals surface area contributed by atoms with Crippen LogP contribution in [-0.2, 0) is 19.0 Å². The number of benzene rings is 3. The Morgan fingerprint density at radius 2 is 1.69 bits per heavy atom. The van der Waals surface area contributed by atoms with E-state index < -0.39 is 17.7 Å². The second-order valence-corrected chi connectivity index (χ2v) is 8.83. The lowest BCUT2D eigenvalue weighted by Gasteiger charge is -2.31. The quantitative estimate of drug-likeness (QED) is 0.373. The minimum absolute atomic E-state index is 0.0444. The van der Waals surface area contributed by atoms with Crippen molar-refractivity contribution < 1.29 is 28.6 Å². The Labute approximate surface area is 203 Å². The van der Waals surface area contributed by atoms with Gasteiger partial charge in [0, 0.05) is 12.1 Å². The Balaban J connectivity index is 1.51. The topological polar surface area (TPSA) is 82.1 Å². The molecule has 3 aromatic carbocycles. The van der Waals surface area contributed by atoms with E-state index in [1.807, 2.05) is 54.6 Å². The Kier molecular flexibility index (Phi) is 6.13. The van der Waals surface area contributed by atoms with E-state index in [-0.39, 0.29) is 31.4 Å². The maximum atomic E-state index is 13.7. The number of fused-ring (bicyclic) bond motifs is 2. The molecule has 2 aliphatic rings. The summed E-state index contributed by atoms with van der Waals surface area (Å²) in [5.74, 6) is -3.13. The molecule has 3 aromatic rings. The Hall–Kier alpha value is -3.55. The lowest BCUT2D eigenvalue weighted by Crippen LogP contribution is -2.44. The minimum Gasteiger partial charge on any atom is -0.466 e. The fourth-order valence-electron chi connectivity index (χ4n) is 5.05. The third-order valence-corrected chi connectivity index (χ3v) is 6.75. The first-order valence-corrected chi connectivity index (χ1v) is 11.9. The largest absolute Gasteiger partial charge is 0.466 e. The fraction of sp³-hybridized carbons (Fsp3) is 0.321. The highest BCUT2D eigenvalue weighted by Crippen LogP contribution is 2.39. The number of hydrogen-bond acceptors (Lipinski definition) is 6. The molecule has 35 heavy (non-hydrogen) atoms. The van der Waals surface area contributed by atoms with Crippen molar-refractivity contribution in [3.8, 4) is 11.1 Å². The second-order valence-electron chi connectivity index (χ2n) is 8.83. The van der Waals surface area contributed by atoms with E-state index in [9.17, 15) is 14.4 Å². The fourth-order valence-corrected chi connectivity index (χ4v) is 5.05. The molecule has 0 aliphatic carbocycles. The first kappa shape index (κ1) is 23.2. The molecule has 0 saturated carbocycles. The van der Waals surface area contributed by atoms with Crippen molar-refractivity contribution in [3.63, 3.8) is 0 Å². The van der Waals surface area contributed by atoms with Crippen molar-refractivity contribution in [1.82, 2.24) is 4.90 Å². The number of amides is 2. The number of carbonyl (C=O) groups excluding carboxylic acids is 3. The highest BCUT2D eigenvalue weighted by Gasteiger charge is 2.46. The molecule has 2 heterocycles. The van der Waals surface area contributed by atoms with Gasteiger partial charge in [0.25, 0.3) is 11.8 Å². The summed E-state index contributed by atoms with van der Waals surface area (Å²) >= 11 is 0. The zero-order valence-corrected chi connectivity index (χ0v) is 19.8. The Morgan fingerprint density at radius 3 is 2.40 bits per heavy atom. The second kappa shape index (κ2) is 9.24. The monoisotopic (exact) mass is 473 g/mol. The molecule has 5 rings (SSSR count). The summed E-state index contributed by atoms with van der Waals surface area (Å²) in [7, 11) is 0. The van der Waals surface area contributed by atoms with Crippen LogP contribution in [0.5, 0.6) is 0 Å². The molecule has 0 bridgehead atoms. The van der Waals surface area contributed by atoms with Gasteiger partial charge < -0.3 is 14.2 Å². The number of hydrogen-bond donors (Lipinski definition) is 0. The van der Waals surface area contributed by atoms with E-state index in [0.29, 0.717) is 24.3 Å². The normalized spacial score (nSPS) is 17.6. The molecule has 1 unspecified atom stereocenters. The molecule has 1 atom stereocenters. The summed E-state index contributed by atoms with van der Waals surface area (Å²) in [6, 6.07) is 19.1. The molecule has 7 heteroatoms. The lowest BCUT2D eigenvalue weighted by atomic mass is 9.90. The smallest absolute Gasteiger partial charge is 0.314 e. The average Bonchev–Trinajstić information content (AvgIpc) is 3.41. The SMILES string of the molecule is CCOC(=O)C(CCN1C(=O)c2cc3ccccc3c(-c3ccccc3)c2C1=O)C1(C)OCCO1. The van der Waals surface area contributed by atoms with Gasteiger partial charge in [0.05, 0.1) is 30.9 Å². The number of carbonyl (C=O) groups is 3. The first-order chi connectivity index (χ1) is 16.9. The van der Waals surface area contributed by atoms with Gasteiger partial charge in [-0.1, -0.05) is 54.6 Å². The van der Waals surface area contributed by atoms with Crippen LogP contribution in [0.1, 0.15) is 41.0 Å². The number of esters is 1. The molecular weight excluding hydrogens is 446 g/mol. The van der Waals surface area contributed by atoms with Gasteiger partial charge in [0.1, 0.15) is 5.92 Å². The van der Waals surface area contributed by atoms with Gasteiger partial charge in [0.2, 0.25) is 0 Å². The molecular formula is C28H27NO6. The molecule has 180 valence electrons. The standard InChI is InChI=1S/C28H27NO6/c1-3-33-27(32)22(28(2)34-15-16-35-28)13-14-29-25(30)21-17-19-11-7-8-12-20(19)23(24(21)26(29)31)18-9-5-4-6-10-18/h4-12,17,22H,3,13-16H2,1-2H3. The van der Waals surface area contributed by atoms with Gasteiger partial charge in [-0.25, -0.2) is 0 Å². The van der Waals surface area contributed by atoms with Crippen molar-refractivity contribution >= 4 is 28.6 Å². The highest BCUT2D eigenvalue weighted by molar-refractivity contribution is 6.27. The van der Waals surface area contributed by atoms with Gasteiger partial charge in [0.15, 0.2) is 5.79 Å². The van der Waals surface area contributed by atoms with E-state index in [1.54, 1.807) is 19.9 Å². The minimum atomic E-state index is -1.16. The summed E-state index contributed by atoms with van der Waals surface area (Å²) < 4.78 is 16.7. The molecule has 0 N–H and O–H groups in total. The van der Waals surface area contributed by atoms with Crippen molar-refractivity contribution in [1.29, 1.82) is 0 Å². The summed E-state index contributed by atoms with van der Waals surface area (Å²) in [6.45, 7) is 4.42. The Bertz CT molecular complexity index is 1300. The number of nitrogens with zero attached hydrogens (tertiary/aromatic N) is 1. The molecule has 0 aromatic heterocycles. The van der Waals surface area contributed by atoms with Gasteiger partial charge in [-0.3, -0.25) is 19.3 Å². The molecule has 1 saturated heterocycles. The Morgan fingerprint density at radius 1 is 1.00 bits per heavy atom. The van der Waals surface area contributed by atoms with Crippen molar-refractivity contribution in [2.75, 3.05) is 26.4 Å². The van der Waals surface area contributed by atoms with Crippen LogP contribution in [-0.4, -0.2) is 54.8 Å². The third-order valence-electron chi connectivity index (χ3n) is 6.75. The first-order valence-electron chi connectivity index (χ1n) is 11.9.